The minimum absolute atomic E-state index is 0.00976. The summed E-state index contributed by atoms with van der Waals surface area (Å²) < 4.78 is 10.5. The van der Waals surface area contributed by atoms with Crippen LogP contribution < -0.4 is 37.9 Å². The maximum Gasteiger partial charge on any atom is 0.316 e. The SMILES string of the molecule is CC(O)[C@@H]1NC(=O)N[C@H](C(N)=O)C(=O)NNC(=O)[C@H](CO)NC(=O)CCOCCOCCNC1=O. The van der Waals surface area contributed by atoms with Crippen LogP contribution in [-0.4, -0.2) is 110 Å². The van der Waals surface area contributed by atoms with Crippen LogP contribution in [0.15, 0.2) is 0 Å². The molecule has 0 aliphatic carbocycles. The smallest absolute Gasteiger partial charge is 0.316 e. The Hall–Kier alpha value is -3.54. The van der Waals surface area contributed by atoms with Crippen LogP contribution >= 0.6 is 0 Å². The quantitative estimate of drug-likeness (QED) is 0.164. The molecule has 17 nitrogen and oxygen atoms in total. The molecule has 10 N–H and O–H groups in total. The van der Waals surface area contributed by atoms with E-state index in [0.29, 0.717) is 0 Å². The Morgan fingerprint density at radius 1 is 0.971 bits per heavy atom. The maximum atomic E-state index is 12.3. The first kappa shape index (κ1) is 29.5. The molecule has 1 aliphatic heterocycles. The van der Waals surface area contributed by atoms with E-state index in [9.17, 15) is 39.0 Å². The number of carbonyl (C=O) groups excluding carboxylic acids is 6. The Labute approximate surface area is 199 Å². The van der Waals surface area contributed by atoms with Crippen molar-refractivity contribution >= 4 is 35.6 Å². The molecule has 4 atom stereocenters. The molecule has 17 heteroatoms. The van der Waals surface area contributed by atoms with Gasteiger partial charge in [-0.25, -0.2) is 4.79 Å². The minimum Gasteiger partial charge on any atom is -0.394 e. The second-order valence-corrected chi connectivity index (χ2v) is 7.22. The summed E-state index contributed by atoms with van der Waals surface area (Å²) in [7, 11) is 0. The van der Waals surface area contributed by atoms with Gasteiger partial charge in [0.15, 0.2) is 6.04 Å². The van der Waals surface area contributed by atoms with Crippen molar-refractivity contribution in [3.63, 3.8) is 0 Å². The van der Waals surface area contributed by atoms with Gasteiger partial charge in [-0.2, -0.15) is 0 Å². The van der Waals surface area contributed by atoms with Crippen molar-refractivity contribution in [2.24, 2.45) is 5.73 Å². The Morgan fingerprint density at radius 3 is 2.20 bits per heavy atom. The highest BCUT2D eigenvalue weighted by molar-refractivity contribution is 6.06. The number of primary amides is 1. The standard InChI is InChI=1S/C18H31N7O10/c1-9(27)12-16(31)20-3-5-35-7-6-34-4-2-11(28)21-10(8-26)15(30)24-25-17(32)13(14(19)29)23-18(33)22-12/h9-10,12-13,26-27H,2-8H2,1H3,(H2,19,29)(H,20,31)(H,21,28)(H,24,30)(H,25,32)(H2,22,23,33)/t9?,10-,12-,13+/m0/s1. The van der Waals surface area contributed by atoms with Crippen molar-refractivity contribution in [3.05, 3.63) is 0 Å². The summed E-state index contributed by atoms with van der Waals surface area (Å²) in [6.45, 7) is 0.791. The lowest BCUT2D eigenvalue weighted by atomic mass is 10.1. The number of amides is 7. The predicted molar refractivity (Wildman–Crippen MR) is 115 cm³/mol. The van der Waals surface area contributed by atoms with Gasteiger partial charge in [-0.3, -0.25) is 34.8 Å². The monoisotopic (exact) mass is 505 g/mol. The van der Waals surface area contributed by atoms with E-state index in [2.05, 4.69) is 16.0 Å². The normalized spacial score (nSPS) is 25.7. The molecule has 35 heavy (non-hydrogen) atoms. The van der Waals surface area contributed by atoms with Crippen molar-refractivity contribution in [2.45, 2.75) is 37.6 Å². The van der Waals surface area contributed by atoms with Gasteiger partial charge in [-0.1, -0.05) is 0 Å². The van der Waals surface area contributed by atoms with Crippen LogP contribution in [0.4, 0.5) is 4.79 Å². The van der Waals surface area contributed by atoms with Crippen LogP contribution in [0.3, 0.4) is 0 Å². The zero-order valence-corrected chi connectivity index (χ0v) is 19.0. The van der Waals surface area contributed by atoms with E-state index in [4.69, 9.17) is 15.2 Å². The van der Waals surface area contributed by atoms with Crippen molar-refractivity contribution < 1.29 is 48.5 Å². The first-order valence-electron chi connectivity index (χ1n) is 10.5. The summed E-state index contributed by atoms with van der Waals surface area (Å²) in [5.74, 6) is -5.02. The lowest BCUT2D eigenvalue weighted by Gasteiger charge is -2.23. The zero-order valence-electron chi connectivity index (χ0n) is 19.0. The van der Waals surface area contributed by atoms with E-state index in [-0.39, 0.29) is 39.4 Å². The molecular weight excluding hydrogens is 474 g/mol. The molecule has 1 aliphatic rings. The van der Waals surface area contributed by atoms with Gasteiger partial charge in [-0.05, 0) is 6.92 Å². The Kier molecular flexibility index (Phi) is 13.0. The molecular formula is C18H31N7O10. The molecule has 0 aromatic carbocycles. The number of nitrogens with one attached hydrogen (secondary N) is 6. The summed E-state index contributed by atoms with van der Waals surface area (Å²) in [6.07, 6.45) is -1.50. The summed E-state index contributed by atoms with van der Waals surface area (Å²) in [4.78, 5) is 72.5. The molecule has 0 bridgehead atoms. The van der Waals surface area contributed by atoms with E-state index < -0.39 is 66.4 Å². The minimum atomic E-state index is -2.00. The molecule has 1 unspecified atom stereocenters. The lowest BCUT2D eigenvalue weighted by Crippen LogP contribution is -2.63. The molecule has 1 saturated heterocycles. The van der Waals surface area contributed by atoms with Crippen LogP contribution in [0.1, 0.15) is 13.3 Å². The van der Waals surface area contributed by atoms with Crippen molar-refractivity contribution in [3.8, 4) is 0 Å². The molecule has 1 rings (SSSR count). The molecule has 0 radical (unpaired) electrons. The van der Waals surface area contributed by atoms with Gasteiger partial charge in [0.2, 0.25) is 17.7 Å². The Balaban J connectivity index is 2.94. The average Bonchev–Trinajstić information content (AvgIpc) is 2.80. The van der Waals surface area contributed by atoms with Gasteiger partial charge >= 0.3 is 6.03 Å². The molecule has 0 spiro atoms. The first-order chi connectivity index (χ1) is 16.6. The van der Waals surface area contributed by atoms with Gasteiger partial charge in [0, 0.05) is 13.0 Å². The van der Waals surface area contributed by atoms with Gasteiger partial charge < -0.3 is 46.7 Å². The van der Waals surface area contributed by atoms with Crippen LogP contribution in [-0.2, 0) is 33.4 Å². The second-order valence-electron chi connectivity index (χ2n) is 7.22. The third kappa shape index (κ3) is 11.0. The first-order valence-corrected chi connectivity index (χ1v) is 10.5. The number of ether oxygens (including phenoxy) is 2. The Morgan fingerprint density at radius 2 is 1.60 bits per heavy atom. The van der Waals surface area contributed by atoms with E-state index in [0.717, 1.165) is 0 Å². The molecule has 0 aromatic rings. The van der Waals surface area contributed by atoms with E-state index >= 15 is 0 Å². The van der Waals surface area contributed by atoms with E-state index in [1.807, 2.05) is 16.2 Å². The molecule has 198 valence electrons. The second kappa shape index (κ2) is 15.4. The predicted octanol–water partition coefficient (Wildman–Crippen LogP) is -5.93. The van der Waals surface area contributed by atoms with Crippen LogP contribution in [0.2, 0.25) is 0 Å². The highest BCUT2D eigenvalue weighted by Crippen LogP contribution is 1.95. The topological polar surface area (TPSA) is 260 Å². The highest BCUT2D eigenvalue weighted by atomic mass is 16.5. The number of urea groups is 1. The summed E-state index contributed by atoms with van der Waals surface area (Å²) in [5, 5.41) is 27.9. The number of nitrogens with two attached hydrogens (primary N) is 1. The van der Waals surface area contributed by atoms with Crippen molar-refractivity contribution in [1.82, 2.24) is 32.1 Å². The molecule has 0 aromatic heterocycles. The lowest BCUT2D eigenvalue weighted by molar-refractivity contribution is -0.135. The number of aliphatic hydroxyl groups is 2. The van der Waals surface area contributed by atoms with E-state index in [1.165, 1.54) is 6.92 Å². The fraction of sp³-hybridized carbons (Fsp3) is 0.667. The van der Waals surface area contributed by atoms with Crippen LogP contribution in [0.5, 0.6) is 0 Å². The molecule has 1 heterocycles. The molecule has 7 amide bonds. The highest BCUT2D eigenvalue weighted by Gasteiger charge is 2.31. The zero-order chi connectivity index (χ0) is 26.4. The maximum absolute atomic E-state index is 12.3. The molecule has 1 fully saturated rings. The van der Waals surface area contributed by atoms with Gasteiger partial charge in [0.05, 0.1) is 39.1 Å². The number of rotatable bonds is 3. The van der Waals surface area contributed by atoms with Crippen molar-refractivity contribution in [2.75, 3.05) is 39.6 Å². The summed E-state index contributed by atoms with van der Waals surface area (Å²) in [6, 6.07) is -6.11. The summed E-state index contributed by atoms with van der Waals surface area (Å²) in [5.41, 5.74) is 8.83. The number of aliphatic hydroxyl groups excluding tert-OH is 2. The number of carbonyl (C=O) groups is 6. The average molecular weight is 505 g/mol. The van der Waals surface area contributed by atoms with Crippen LogP contribution in [0, 0.1) is 0 Å². The molecule has 0 saturated carbocycles. The van der Waals surface area contributed by atoms with E-state index in [1.54, 1.807) is 0 Å². The van der Waals surface area contributed by atoms with Gasteiger partial charge in [-0.15, -0.1) is 0 Å². The Bertz CT molecular complexity index is 779. The van der Waals surface area contributed by atoms with Gasteiger partial charge in [0.25, 0.3) is 11.8 Å². The third-order valence-electron chi connectivity index (χ3n) is 4.41. The fourth-order valence-electron chi connectivity index (χ4n) is 2.57. The third-order valence-corrected chi connectivity index (χ3v) is 4.41. The number of hydrazine groups is 1. The largest absolute Gasteiger partial charge is 0.394 e. The van der Waals surface area contributed by atoms with Crippen LogP contribution in [0.25, 0.3) is 0 Å². The van der Waals surface area contributed by atoms with Gasteiger partial charge in [0.1, 0.15) is 12.1 Å². The summed E-state index contributed by atoms with van der Waals surface area (Å²) >= 11 is 0. The number of hydrogen-bond acceptors (Lipinski definition) is 10. The van der Waals surface area contributed by atoms with Crippen molar-refractivity contribution in [1.29, 1.82) is 0 Å². The fourth-order valence-corrected chi connectivity index (χ4v) is 2.57. The number of hydrogen-bond donors (Lipinski definition) is 9.